The summed E-state index contributed by atoms with van der Waals surface area (Å²) < 4.78 is 5.43. The average molecular weight is 248 g/mol. The summed E-state index contributed by atoms with van der Waals surface area (Å²) in [6, 6.07) is 8.27. The Labute approximate surface area is 110 Å². The lowest BCUT2D eigenvalue weighted by Crippen LogP contribution is -2.25. The number of hydrogen-bond acceptors (Lipinski definition) is 4. The summed E-state index contributed by atoms with van der Waals surface area (Å²) in [5.41, 5.74) is 6.74. The van der Waals surface area contributed by atoms with E-state index in [4.69, 9.17) is 16.3 Å². The minimum atomic E-state index is 0.552. The molecule has 1 rings (SSSR count). The first-order valence-electron chi connectivity index (χ1n) is 6.56. The van der Waals surface area contributed by atoms with Gasteiger partial charge >= 0.3 is 0 Å². The summed E-state index contributed by atoms with van der Waals surface area (Å²) in [4.78, 5) is 0. The van der Waals surface area contributed by atoms with Gasteiger partial charge in [0.15, 0.2) is 0 Å². The fraction of sp³-hybridized carbons (Fsp3) is 0.538. The van der Waals surface area contributed by atoms with E-state index in [0.717, 1.165) is 18.5 Å². The normalized spacial score (nSPS) is 10.3. The largest absolute Gasteiger partial charge is 0.492 e. The maximum absolute atomic E-state index is 5.43. The van der Waals surface area contributed by atoms with Crippen molar-refractivity contribution in [2.45, 2.75) is 32.0 Å². The SMILES string of the molecule is NCCOc1ccc(CCCCC[B]NN)cc1. The summed E-state index contributed by atoms with van der Waals surface area (Å²) in [5.74, 6) is 6.05. The van der Waals surface area contributed by atoms with Crippen LogP contribution in [0.5, 0.6) is 5.75 Å². The quantitative estimate of drug-likeness (QED) is 0.252. The molecule has 0 saturated heterocycles. The van der Waals surface area contributed by atoms with Gasteiger partial charge in [0.05, 0.1) is 0 Å². The van der Waals surface area contributed by atoms with Crippen LogP contribution in [0.3, 0.4) is 0 Å². The Morgan fingerprint density at radius 2 is 1.89 bits per heavy atom. The van der Waals surface area contributed by atoms with E-state index in [2.05, 4.69) is 17.5 Å². The van der Waals surface area contributed by atoms with Gasteiger partial charge in [0, 0.05) is 6.54 Å². The first-order chi connectivity index (χ1) is 8.86. The van der Waals surface area contributed by atoms with Gasteiger partial charge in [-0.2, -0.15) is 0 Å². The van der Waals surface area contributed by atoms with E-state index >= 15 is 0 Å². The third kappa shape index (κ3) is 6.64. The maximum atomic E-state index is 5.43. The second-order valence-electron chi connectivity index (χ2n) is 4.25. The highest BCUT2D eigenvalue weighted by molar-refractivity contribution is 6.31. The number of nitrogens with one attached hydrogen (secondary N) is 1. The number of unbranched alkanes of at least 4 members (excludes halogenated alkanes) is 2. The van der Waals surface area contributed by atoms with Crippen molar-refractivity contribution in [3.05, 3.63) is 29.8 Å². The molecular weight excluding hydrogens is 225 g/mol. The van der Waals surface area contributed by atoms with Crippen LogP contribution >= 0.6 is 0 Å². The van der Waals surface area contributed by atoms with E-state index < -0.39 is 0 Å². The van der Waals surface area contributed by atoms with Crippen LogP contribution in [-0.2, 0) is 6.42 Å². The number of benzene rings is 1. The van der Waals surface area contributed by atoms with Gasteiger partial charge in [0.1, 0.15) is 12.4 Å². The molecule has 5 N–H and O–H groups in total. The summed E-state index contributed by atoms with van der Waals surface area (Å²) in [6.07, 6.45) is 5.77. The number of hydrazine groups is 1. The van der Waals surface area contributed by atoms with Crippen molar-refractivity contribution in [2.75, 3.05) is 13.2 Å². The molecule has 0 amide bonds. The molecule has 18 heavy (non-hydrogen) atoms. The lowest BCUT2D eigenvalue weighted by molar-refractivity contribution is 0.328. The van der Waals surface area contributed by atoms with Crippen molar-refractivity contribution in [3.8, 4) is 5.75 Å². The van der Waals surface area contributed by atoms with Crippen molar-refractivity contribution < 1.29 is 4.74 Å². The minimum Gasteiger partial charge on any atom is -0.492 e. The van der Waals surface area contributed by atoms with Gasteiger partial charge < -0.3 is 15.8 Å². The second-order valence-corrected chi connectivity index (χ2v) is 4.25. The van der Waals surface area contributed by atoms with Gasteiger partial charge in [-0.15, -0.1) is 0 Å². The zero-order valence-corrected chi connectivity index (χ0v) is 10.9. The predicted octanol–water partition coefficient (Wildman–Crippen LogP) is 1.24. The second kappa shape index (κ2) is 9.94. The van der Waals surface area contributed by atoms with Crippen LogP contribution in [0.4, 0.5) is 0 Å². The van der Waals surface area contributed by atoms with E-state index in [0.29, 0.717) is 13.2 Å². The van der Waals surface area contributed by atoms with Crippen LogP contribution in [0.1, 0.15) is 24.8 Å². The molecule has 0 saturated carbocycles. The van der Waals surface area contributed by atoms with E-state index in [9.17, 15) is 0 Å². The molecule has 99 valence electrons. The van der Waals surface area contributed by atoms with Gasteiger partial charge in [0.25, 0.3) is 0 Å². The van der Waals surface area contributed by atoms with Crippen molar-refractivity contribution in [1.82, 2.24) is 5.34 Å². The number of ether oxygens (including phenoxy) is 1. The molecule has 0 aromatic heterocycles. The third-order valence-corrected chi connectivity index (χ3v) is 2.74. The molecule has 0 aliphatic heterocycles. The molecule has 1 aromatic carbocycles. The van der Waals surface area contributed by atoms with Gasteiger partial charge in [-0.25, -0.2) is 0 Å². The van der Waals surface area contributed by atoms with E-state index in [1.165, 1.54) is 24.8 Å². The smallest absolute Gasteiger partial charge is 0.224 e. The molecule has 1 aromatic rings. The summed E-state index contributed by atoms with van der Waals surface area (Å²) >= 11 is 0. The monoisotopic (exact) mass is 248 g/mol. The molecule has 0 unspecified atom stereocenters. The molecule has 1 radical (unpaired) electrons. The van der Waals surface area contributed by atoms with Crippen molar-refractivity contribution in [3.63, 3.8) is 0 Å². The molecule has 0 bridgehead atoms. The molecule has 4 nitrogen and oxygen atoms in total. The van der Waals surface area contributed by atoms with Crippen molar-refractivity contribution >= 4 is 7.41 Å². The van der Waals surface area contributed by atoms with Crippen LogP contribution < -0.4 is 21.7 Å². The third-order valence-electron chi connectivity index (χ3n) is 2.74. The highest BCUT2D eigenvalue weighted by Crippen LogP contribution is 2.14. The van der Waals surface area contributed by atoms with Gasteiger partial charge in [-0.3, -0.25) is 5.84 Å². The molecule has 0 heterocycles. The molecule has 0 fully saturated rings. The molecular formula is C13H23BN3O. The Morgan fingerprint density at radius 3 is 2.56 bits per heavy atom. The first kappa shape index (κ1) is 15.0. The first-order valence-corrected chi connectivity index (χ1v) is 6.56. The number of hydrogen-bond donors (Lipinski definition) is 3. The zero-order chi connectivity index (χ0) is 13.1. The van der Waals surface area contributed by atoms with Gasteiger partial charge in [-0.05, 0) is 30.5 Å². The Morgan fingerprint density at radius 1 is 1.11 bits per heavy atom. The molecule has 0 atom stereocenters. The Balaban J connectivity index is 2.14. The van der Waals surface area contributed by atoms with Crippen LogP contribution in [0.2, 0.25) is 6.32 Å². The van der Waals surface area contributed by atoms with Gasteiger partial charge in [-0.1, -0.05) is 31.3 Å². The molecule has 0 aliphatic carbocycles. The average Bonchev–Trinajstić information content (AvgIpc) is 2.42. The molecule has 5 heteroatoms. The summed E-state index contributed by atoms with van der Waals surface area (Å²) in [7, 11) is 1.89. The molecule has 0 spiro atoms. The van der Waals surface area contributed by atoms with Crippen LogP contribution in [0, 0.1) is 0 Å². The standard InChI is InChI=1S/C13H23BN3O/c15-10-11-18-13-7-5-12(6-8-13)4-2-1-3-9-14-17-16/h5-8,17H,1-4,9-11,15-16H2. The predicted molar refractivity (Wildman–Crippen MR) is 76.4 cm³/mol. The van der Waals surface area contributed by atoms with E-state index in [1.807, 2.05) is 19.5 Å². The Kier molecular flexibility index (Phi) is 8.30. The van der Waals surface area contributed by atoms with Crippen LogP contribution in [0.15, 0.2) is 24.3 Å². The van der Waals surface area contributed by atoms with Crippen LogP contribution in [0.25, 0.3) is 0 Å². The van der Waals surface area contributed by atoms with Gasteiger partial charge in [0.2, 0.25) is 7.41 Å². The lowest BCUT2D eigenvalue weighted by atomic mass is 9.87. The number of nitrogens with two attached hydrogens (primary N) is 2. The highest BCUT2D eigenvalue weighted by atomic mass is 16.5. The van der Waals surface area contributed by atoms with E-state index in [1.54, 1.807) is 0 Å². The maximum Gasteiger partial charge on any atom is 0.224 e. The highest BCUT2D eigenvalue weighted by Gasteiger charge is 1.96. The van der Waals surface area contributed by atoms with Crippen molar-refractivity contribution in [1.29, 1.82) is 0 Å². The summed E-state index contributed by atoms with van der Waals surface area (Å²) in [5, 5.41) is 2.55. The number of rotatable bonds is 10. The van der Waals surface area contributed by atoms with Crippen molar-refractivity contribution in [2.24, 2.45) is 11.6 Å². The summed E-state index contributed by atoms with van der Waals surface area (Å²) in [6.45, 7) is 1.13. The fourth-order valence-electron chi connectivity index (χ4n) is 1.76. The fourth-order valence-corrected chi connectivity index (χ4v) is 1.76. The molecule has 0 aliphatic rings. The van der Waals surface area contributed by atoms with Crippen LogP contribution in [-0.4, -0.2) is 20.6 Å². The zero-order valence-electron chi connectivity index (χ0n) is 10.9. The lowest BCUT2D eigenvalue weighted by Gasteiger charge is -2.06. The minimum absolute atomic E-state index is 0.552. The number of aryl methyl sites for hydroxylation is 1. The Hall–Kier alpha value is -1.04. The topological polar surface area (TPSA) is 73.3 Å². The van der Waals surface area contributed by atoms with E-state index in [-0.39, 0.29) is 0 Å². The Bertz CT molecular complexity index is 306.